The van der Waals surface area contributed by atoms with E-state index in [1.165, 1.54) is 5.56 Å². The number of carbonyl (C=O) groups is 2. The highest BCUT2D eigenvalue weighted by Gasteiger charge is 2.28. The smallest absolute Gasteiger partial charge is 0.339 e. The van der Waals surface area contributed by atoms with E-state index in [0.29, 0.717) is 23.5 Å². The van der Waals surface area contributed by atoms with Gasteiger partial charge in [0.25, 0.3) is 5.91 Å². The van der Waals surface area contributed by atoms with Crippen molar-refractivity contribution in [3.63, 3.8) is 0 Å². The SMILES string of the molecule is CC(C)c1ccc(NC(=O)c2ccc3c(c2)C[C@H](c2ccccc2)OC3=O)cc1. The molecule has 1 aliphatic rings. The molecule has 0 saturated carbocycles. The number of ether oxygens (including phenoxy) is 1. The number of hydrogen-bond acceptors (Lipinski definition) is 3. The van der Waals surface area contributed by atoms with Crippen LogP contribution in [0, 0.1) is 0 Å². The van der Waals surface area contributed by atoms with E-state index in [9.17, 15) is 9.59 Å². The van der Waals surface area contributed by atoms with Crippen LogP contribution in [0.1, 0.15) is 63.3 Å². The van der Waals surface area contributed by atoms with Crippen LogP contribution in [0.4, 0.5) is 5.69 Å². The van der Waals surface area contributed by atoms with Crippen LogP contribution in [-0.4, -0.2) is 11.9 Å². The van der Waals surface area contributed by atoms with Crippen LogP contribution in [-0.2, 0) is 11.2 Å². The summed E-state index contributed by atoms with van der Waals surface area (Å²) in [6.07, 6.45) is 0.216. The van der Waals surface area contributed by atoms with Crippen LogP contribution in [0.25, 0.3) is 0 Å². The second-order valence-electron chi connectivity index (χ2n) is 7.61. The third-order valence-corrected chi connectivity index (χ3v) is 5.25. The molecule has 4 nitrogen and oxygen atoms in total. The molecule has 1 heterocycles. The molecule has 0 aliphatic carbocycles. The van der Waals surface area contributed by atoms with Crippen molar-refractivity contribution in [1.29, 1.82) is 0 Å². The topological polar surface area (TPSA) is 55.4 Å². The third kappa shape index (κ3) is 4.06. The zero-order chi connectivity index (χ0) is 20.4. The van der Waals surface area contributed by atoms with Gasteiger partial charge in [-0.15, -0.1) is 0 Å². The molecule has 0 aromatic heterocycles. The molecule has 0 saturated heterocycles. The maximum atomic E-state index is 12.7. The van der Waals surface area contributed by atoms with E-state index in [1.54, 1.807) is 18.2 Å². The predicted molar refractivity (Wildman–Crippen MR) is 113 cm³/mol. The Morgan fingerprint density at radius 1 is 1.00 bits per heavy atom. The fraction of sp³-hybridized carbons (Fsp3) is 0.200. The summed E-state index contributed by atoms with van der Waals surface area (Å²) >= 11 is 0. The molecular formula is C25H23NO3. The number of anilines is 1. The number of cyclic esters (lactones) is 1. The monoisotopic (exact) mass is 385 g/mol. The summed E-state index contributed by atoms with van der Waals surface area (Å²) in [4.78, 5) is 25.1. The fourth-order valence-corrected chi connectivity index (χ4v) is 3.55. The molecule has 3 aromatic carbocycles. The van der Waals surface area contributed by atoms with Crippen molar-refractivity contribution in [2.24, 2.45) is 0 Å². The summed E-state index contributed by atoms with van der Waals surface area (Å²) in [5.74, 6) is -0.102. The minimum atomic E-state index is -0.351. The molecular weight excluding hydrogens is 362 g/mol. The molecule has 0 unspecified atom stereocenters. The van der Waals surface area contributed by atoms with Gasteiger partial charge in [0.05, 0.1) is 5.56 Å². The fourth-order valence-electron chi connectivity index (χ4n) is 3.55. The van der Waals surface area contributed by atoms with Gasteiger partial charge >= 0.3 is 5.97 Å². The lowest BCUT2D eigenvalue weighted by Crippen LogP contribution is -2.23. The lowest BCUT2D eigenvalue weighted by molar-refractivity contribution is 0.0252. The van der Waals surface area contributed by atoms with Crippen LogP contribution in [0.15, 0.2) is 72.8 Å². The first-order chi connectivity index (χ1) is 14.0. The van der Waals surface area contributed by atoms with Crippen molar-refractivity contribution in [3.05, 3.63) is 101 Å². The van der Waals surface area contributed by atoms with E-state index in [4.69, 9.17) is 4.74 Å². The standard InChI is InChI=1S/C25H23NO3/c1-16(2)17-8-11-21(12-9-17)26-24(27)19-10-13-22-20(14-19)15-23(29-25(22)28)18-6-4-3-5-7-18/h3-14,16,23H,15H2,1-2H3,(H,26,27)/t23-/m1/s1. The minimum Gasteiger partial charge on any atom is -0.454 e. The van der Waals surface area contributed by atoms with Crippen molar-refractivity contribution >= 4 is 17.6 Å². The molecule has 1 amide bonds. The van der Waals surface area contributed by atoms with Gasteiger partial charge in [-0.2, -0.15) is 0 Å². The summed E-state index contributed by atoms with van der Waals surface area (Å²) in [7, 11) is 0. The van der Waals surface area contributed by atoms with Gasteiger partial charge in [0.1, 0.15) is 6.10 Å². The molecule has 29 heavy (non-hydrogen) atoms. The number of esters is 1. The lowest BCUT2D eigenvalue weighted by Gasteiger charge is -2.25. The van der Waals surface area contributed by atoms with Gasteiger partial charge in [-0.1, -0.05) is 56.3 Å². The van der Waals surface area contributed by atoms with Crippen LogP contribution >= 0.6 is 0 Å². The Morgan fingerprint density at radius 3 is 2.41 bits per heavy atom. The Morgan fingerprint density at radius 2 is 1.72 bits per heavy atom. The summed E-state index contributed by atoms with van der Waals surface area (Å²) < 4.78 is 5.59. The van der Waals surface area contributed by atoms with E-state index in [0.717, 1.165) is 16.8 Å². The van der Waals surface area contributed by atoms with Crippen molar-refractivity contribution in [2.45, 2.75) is 32.3 Å². The Bertz CT molecular complexity index is 1040. The zero-order valence-electron chi connectivity index (χ0n) is 16.5. The minimum absolute atomic E-state index is 0.194. The Hall–Kier alpha value is -3.40. The Kier molecular flexibility index (Phi) is 5.17. The number of carbonyl (C=O) groups excluding carboxylic acids is 2. The Labute approximate surface area is 170 Å². The number of rotatable bonds is 4. The van der Waals surface area contributed by atoms with E-state index in [-0.39, 0.29) is 18.0 Å². The van der Waals surface area contributed by atoms with Crippen LogP contribution in [0.5, 0.6) is 0 Å². The van der Waals surface area contributed by atoms with Gasteiger partial charge < -0.3 is 10.1 Å². The summed E-state index contributed by atoms with van der Waals surface area (Å²) in [6, 6.07) is 22.7. The van der Waals surface area contributed by atoms with Gasteiger partial charge in [-0.3, -0.25) is 4.79 Å². The number of fused-ring (bicyclic) bond motifs is 1. The summed E-state index contributed by atoms with van der Waals surface area (Å²) in [6.45, 7) is 4.27. The molecule has 1 aliphatic heterocycles. The molecule has 4 rings (SSSR count). The maximum absolute atomic E-state index is 12.7. The molecule has 1 N–H and O–H groups in total. The molecule has 146 valence electrons. The molecule has 3 aromatic rings. The molecule has 0 radical (unpaired) electrons. The highest BCUT2D eigenvalue weighted by Crippen LogP contribution is 2.31. The first-order valence-electron chi connectivity index (χ1n) is 9.81. The van der Waals surface area contributed by atoms with Crippen molar-refractivity contribution in [3.8, 4) is 0 Å². The van der Waals surface area contributed by atoms with Crippen molar-refractivity contribution in [1.82, 2.24) is 0 Å². The number of amides is 1. The largest absolute Gasteiger partial charge is 0.454 e. The first-order valence-corrected chi connectivity index (χ1v) is 9.81. The van der Waals surface area contributed by atoms with Crippen molar-refractivity contribution in [2.75, 3.05) is 5.32 Å². The lowest BCUT2D eigenvalue weighted by atomic mass is 9.93. The normalized spacial score (nSPS) is 15.6. The first kappa shape index (κ1) is 18.9. The van der Waals surface area contributed by atoms with Gasteiger partial charge in [-0.05, 0) is 52.9 Å². The molecule has 1 atom stereocenters. The van der Waals surface area contributed by atoms with Gasteiger partial charge in [0.15, 0.2) is 0 Å². The second-order valence-corrected chi connectivity index (χ2v) is 7.61. The zero-order valence-corrected chi connectivity index (χ0v) is 16.5. The quantitative estimate of drug-likeness (QED) is 0.602. The van der Waals surface area contributed by atoms with Crippen LogP contribution in [0.3, 0.4) is 0 Å². The van der Waals surface area contributed by atoms with Crippen LogP contribution in [0.2, 0.25) is 0 Å². The van der Waals surface area contributed by atoms with Gasteiger partial charge in [0.2, 0.25) is 0 Å². The average molecular weight is 385 g/mol. The summed E-state index contributed by atoms with van der Waals surface area (Å²) in [5.41, 5.74) is 4.80. The van der Waals surface area contributed by atoms with Crippen LogP contribution < -0.4 is 5.32 Å². The van der Waals surface area contributed by atoms with Crippen molar-refractivity contribution < 1.29 is 14.3 Å². The van der Waals surface area contributed by atoms with E-state index in [1.807, 2.05) is 54.6 Å². The third-order valence-electron chi connectivity index (χ3n) is 5.25. The molecule has 0 spiro atoms. The van der Waals surface area contributed by atoms with E-state index in [2.05, 4.69) is 19.2 Å². The highest BCUT2D eigenvalue weighted by atomic mass is 16.5. The molecule has 0 fully saturated rings. The average Bonchev–Trinajstić information content (AvgIpc) is 2.74. The number of benzene rings is 3. The highest BCUT2D eigenvalue weighted by molar-refractivity contribution is 6.05. The predicted octanol–water partition coefficient (Wildman–Crippen LogP) is 5.52. The Balaban J connectivity index is 1.54. The maximum Gasteiger partial charge on any atom is 0.339 e. The summed E-state index contributed by atoms with van der Waals surface area (Å²) in [5, 5.41) is 2.93. The van der Waals surface area contributed by atoms with Gasteiger partial charge in [-0.25, -0.2) is 4.79 Å². The number of nitrogens with one attached hydrogen (secondary N) is 1. The second kappa shape index (κ2) is 7.92. The van der Waals surface area contributed by atoms with Gasteiger partial charge in [0, 0.05) is 17.7 Å². The molecule has 0 bridgehead atoms. The van der Waals surface area contributed by atoms with E-state index < -0.39 is 0 Å². The number of hydrogen-bond donors (Lipinski definition) is 1. The molecule has 4 heteroatoms. The van der Waals surface area contributed by atoms with E-state index >= 15 is 0 Å².